The molecule has 0 radical (unpaired) electrons. The Morgan fingerprint density at radius 1 is 1.00 bits per heavy atom. The zero-order valence-electron chi connectivity index (χ0n) is 12.1. The maximum Gasteiger partial charge on any atom is 0.418 e. The number of carbonyl (C=O) groups excluding carboxylic acids is 1. The van der Waals surface area contributed by atoms with Crippen LogP contribution in [0.2, 0.25) is 0 Å². The molecular weight excluding hydrogens is 321 g/mol. The number of amides is 1. The number of fused-ring (bicyclic) bond motifs is 1. The first-order valence-electron chi connectivity index (χ1n) is 6.96. The summed E-state index contributed by atoms with van der Waals surface area (Å²) in [6.07, 6.45) is -3.42. The summed E-state index contributed by atoms with van der Waals surface area (Å²) in [5.41, 5.74) is -1.65. The molecule has 0 spiro atoms. The first-order chi connectivity index (χ1) is 11.4. The van der Waals surface area contributed by atoms with Crippen LogP contribution < -0.4 is 10.7 Å². The number of hydrogen-bond donors (Lipinski definition) is 2. The molecule has 0 aliphatic heterocycles. The first kappa shape index (κ1) is 15.8. The van der Waals surface area contributed by atoms with Crippen LogP contribution in [0.5, 0.6) is 0 Å². The molecule has 2 N–H and O–H groups in total. The van der Waals surface area contributed by atoms with Crippen LogP contribution in [0.3, 0.4) is 0 Å². The summed E-state index contributed by atoms with van der Waals surface area (Å²) in [5, 5.41) is 2.45. The molecule has 0 aliphatic carbocycles. The molecule has 2 aromatic carbocycles. The average Bonchev–Trinajstić information content (AvgIpc) is 2.55. The van der Waals surface area contributed by atoms with Crippen LogP contribution in [0.1, 0.15) is 15.9 Å². The Morgan fingerprint density at radius 3 is 2.42 bits per heavy atom. The Hall–Kier alpha value is -3.09. The summed E-state index contributed by atoms with van der Waals surface area (Å²) < 4.78 is 38.9. The molecular formula is C17H11F3N2O2. The SMILES string of the molecule is O=C(Nc1ccccc1C(F)(F)F)c1c[nH]c2ccccc2c1=O. The Kier molecular flexibility index (Phi) is 3.84. The van der Waals surface area contributed by atoms with E-state index in [4.69, 9.17) is 0 Å². The second kappa shape index (κ2) is 5.84. The minimum absolute atomic E-state index is 0.259. The van der Waals surface area contributed by atoms with Gasteiger partial charge in [0.2, 0.25) is 5.43 Å². The number of para-hydroxylation sites is 2. The predicted octanol–water partition coefficient (Wildman–Crippen LogP) is 3.80. The van der Waals surface area contributed by atoms with Gasteiger partial charge >= 0.3 is 6.18 Å². The molecule has 0 fully saturated rings. The van der Waals surface area contributed by atoms with Gasteiger partial charge in [-0.05, 0) is 24.3 Å². The third-order valence-corrected chi connectivity index (χ3v) is 3.51. The Labute approximate surface area is 133 Å². The standard InChI is InChI=1S/C17H11F3N2O2/c18-17(19,20)12-6-2-4-8-14(12)22-16(24)11-9-21-13-7-3-1-5-10(13)15(11)23/h1-9H,(H,21,23)(H,22,24). The molecule has 0 atom stereocenters. The van der Waals surface area contributed by atoms with E-state index in [1.54, 1.807) is 18.2 Å². The Bertz CT molecular complexity index is 977. The topological polar surface area (TPSA) is 62.0 Å². The number of nitrogens with one attached hydrogen (secondary N) is 2. The summed E-state index contributed by atoms with van der Waals surface area (Å²) in [4.78, 5) is 27.4. The quantitative estimate of drug-likeness (QED) is 0.750. The Balaban J connectivity index is 2.00. The van der Waals surface area contributed by atoms with E-state index in [0.29, 0.717) is 5.52 Å². The summed E-state index contributed by atoms with van der Waals surface area (Å²) >= 11 is 0. The number of benzene rings is 2. The van der Waals surface area contributed by atoms with Crippen LogP contribution in [0.4, 0.5) is 18.9 Å². The van der Waals surface area contributed by atoms with Gasteiger partial charge in [-0.15, -0.1) is 0 Å². The number of aromatic nitrogens is 1. The highest BCUT2D eigenvalue weighted by Crippen LogP contribution is 2.34. The number of halogens is 3. The fourth-order valence-corrected chi connectivity index (χ4v) is 2.37. The molecule has 0 aliphatic rings. The third-order valence-electron chi connectivity index (χ3n) is 3.51. The van der Waals surface area contributed by atoms with E-state index in [2.05, 4.69) is 10.3 Å². The van der Waals surface area contributed by atoms with Gasteiger partial charge in [-0.2, -0.15) is 13.2 Å². The molecule has 3 aromatic rings. The first-order valence-corrected chi connectivity index (χ1v) is 6.96. The minimum atomic E-state index is -4.61. The molecule has 0 bridgehead atoms. The smallest absolute Gasteiger partial charge is 0.360 e. The van der Waals surface area contributed by atoms with E-state index < -0.39 is 28.8 Å². The number of aromatic amines is 1. The van der Waals surface area contributed by atoms with Crippen molar-refractivity contribution in [2.24, 2.45) is 0 Å². The molecule has 0 saturated carbocycles. The lowest BCUT2D eigenvalue weighted by Gasteiger charge is -2.13. The van der Waals surface area contributed by atoms with E-state index in [1.165, 1.54) is 24.4 Å². The van der Waals surface area contributed by atoms with E-state index in [-0.39, 0.29) is 10.9 Å². The fraction of sp³-hybridized carbons (Fsp3) is 0.0588. The van der Waals surface area contributed by atoms with Crippen LogP contribution in [0.25, 0.3) is 10.9 Å². The van der Waals surface area contributed by atoms with Crippen molar-refractivity contribution in [1.29, 1.82) is 0 Å². The molecule has 24 heavy (non-hydrogen) atoms. The summed E-state index contributed by atoms with van der Waals surface area (Å²) in [6.45, 7) is 0. The fourth-order valence-electron chi connectivity index (χ4n) is 2.37. The largest absolute Gasteiger partial charge is 0.418 e. The second-order valence-electron chi connectivity index (χ2n) is 5.07. The molecule has 3 rings (SSSR count). The van der Waals surface area contributed by atoms with Gasteiger partial charge in [-0.1, -0.05) is 24.3 Å². The number of hydrogen-bond acceptors (Lipinski definition) is 2. The highest BCUT2D eigenvalue weighted by Gasteiger charge is 2.33. The lowest BCUT2D eigenvalue weighted by atomic mass is 10.1. The lowest BCUT2D eigenvalue weighted by molar-refractivity contribution is -0.136. The summed E-state index contributed by atoms with van der Waals surface area (Å²) in [6, 6.07) is 11.1. The molecule has 0 unspecified atom stereocenters. The minimum Gasteiger partial charge on any atom is -0.360 e. The van der Waals surface area contributed by atoms with Gasteiger partial charge in [0.05, 0.1) is 11.3 Å². The van der Waals surface area contributed by atoms with Crippen LogP contribution in [-0.4, -0.2) is 10.9 Å². The molecule has 4 nitrogen and oxygen atoms in total. The zero-order valence-corrected chi connectivity index (χ0v) is 12.1. The lowest BCUT2D eigenvalue weighted by Crippen LogP contribution is -2.23. The van der Waals surface area contributed by atoms with Crippen molar-refractivity contribution in [3.05, 3.63) is 76.1 Å². The summed E-state index contributed by atoms with van der Waals surface area (Å²) in [7, 11) is 0. The monoisotopic (exact) mass is 332 g/mol. The Morgan fingerprint density at radius 2 is 1.67 bits per heavy atom. The molecule has 1 heterocycles. The van der Waals surface area contributed by atoms with Crippen molar-refractivity contribution in [2.45, 2.75) is 6.18 Å². The van der Waals surface area contributed by atoms with Gasteiger partial charge in [0.25, 0.3) is 5.91 Å². The van der Waals surface area contributed by atoms with Crippen molar-refractivity contribution in [3.8, 4) is 0 Å². The number of H-pyrrole nitrogens is 1. The van der Waals surface area contributed by atoms with E-state index in [0.717, 1.165) is 12.1 Å². The van der Waals surface area contributed by atoms with Crippen LogP contribution >= 0.6 is 0 Å². The van der Waals surface area contributed by atoms with Gasteiger partial charge in [0.15, 0.2) is 0 Å². The van der Waals surface area contributed by atoms with E-state index in [9.17, 15) is 22.8 Å². The summed E-state index contributed by atoms with van der Waals surface area (Å²) in [5.74, 6) is -0.904. The van der Waals surface area contributed by atoms with Gasteiger partial charge in [-0.25, -0.2) is 0 Å². The van der Waals surface area contributed by atoms with E-state index in [1.807, 2.05) is 0 Å². The normalized spacial score (nSPS) is 11.5. The van der Waals surface area contributed by atoms with E-state index >= 15 is 0 Å². The number of carbonyl (C=O) groups is 1. The molecule has 1 aromatic heterocycles. The van der Waals surface area contributed by atoms with Crippen molar-refractivity contribution in [3.63, 3.8) is 0 Å². The third kappa shape index (κ3) is 2.88. The number of alkyl halides is 3. The van der Waals surface area contributed by atoms with Crippen LogP contribution in [-0.2, 0) is 6.18 Å². The highest BCUT2D eigenvalue weighted by atomic mass is 19.4. The predicted molar refractivity (Wildman–Crippen MR) is 84.0 cm³/mol. The number of rotatable bonds is 2. The maximum atomic E-state index is 13.0. The van der Waals surface area contributed by atoms with Crippen molar-refractivity contribution in [2.75, 3.05) is 5.32 Å². The highest BCUT2D eigenvalue weighted by molar-refractivity contribution is 6.06. The van der Waals surface area contributed by atoms with Crippen molar-refractivity contribution in [1.82, 2.24) is 4.98 Å². The van der Waals surface area contributed by atoms with Gasteiger partial charge in [0.1, 0.15) is 5.56 Å². The molecule has 122 valence electrons. The molecule has 0 saturated heterocycles. The van der Waals surface area contributed by atoms with Gasteiger partial charge in [-0.3, -0.25) is 9.59 Å². The van der Waals surface area contributed by atoms with Crippen LogP contribution in [0.15, 0.2) is 59.5 Å². The van der Waals surface area contributed by atoms with Crippen molar-refractivity contribution < 1.29 is 18.0 Å². The van der Waals surface area contributed by atoms with Gasteiger partial charge in [0, 0.05) is 17.1 Å². The molecule has 7 heteroatoms. The second-order valence-corrected chi connectivity index (χ2v) is 5.07. The molecule has 1 amide bonds. The van der Waals surface area contributed by atoms with Gasteiger partial charge < -0.3 is 10.3 Å². The number of anilines is 1. The maximum absolute atomic E-state index is 13.0. The average molecular weight is 332 g/mol. The van der Waals surface area contributed by atoms with Crippen molar-refractivity contribution >= 4 is 22.5 Å². The van der Waals surface area contributed by atoms with Crippen LogP contribution in [0, 0.1) is 0 Å². The zero-order chi connectivity index (χ0) is 17.3. The number of pyridine rings is 1.